The van der Waals surface area contributed by atoms with Gasteiger partial charge in [-0.25, -0.2) is 4.98 Å². The molecule has 1 aromatic heterocycles. The normalized spacial score (nSPS) is 14.5. The zero-order valence-corrected chi connectivity index (χ0v) is 10.2. The van der Waals surface area contributed by atoms with Crippen LogP contribution in [-0.2, 0) is 7.05 Å². The third-order valence-electron chi connectivity index (χ3n) is 3.15. The monoisotopic (exact) mass is 230 g/mol. The highest BCUT2D eigenvalue weighted by atomic mass is 15.3. The summed E-state index contributed by atoms with van der Waals surface area (Å²) in [6.45, 7) is 2.15. The van der Waals surface area contributed by atoms with E-state index in [1.54, 1.807) is 11.0 Å². The van der Waals surface area contributed by atoms with E-state index in [0.29, 0.717) is 0 Å². The average molecular weight is 230 g/mol. The largest absolute Gasteiger partial charge is 0.321 e. The molecule has 0 spiro atoms. The van der Waals surface area contributed by atoms with E-state index >= 15 is 0 Å². The van der Waals surface area contributed by atoms with E-state index in [0.717, 1.165) is 12.2 Å². The van der Waals surface area contributed by atoms with Crippen molar-refractivity contribution in [3.8, 4) is 0 Å². The minimum atomic E-state index is -0.116. The molecule has 0 fully saturated rings. The van der Waals surface area contributed by atoms with Crippen LogP contribution in [0.25, 0.3) is 0 Å². The highest BCUT2D eigenvalue weighted by Crippen LogP contribution is 2.30. The number of nitrogens with two attached hydrogens (primary N) is 1. The quantitative estimate of drug-likeness (QED) is 0.874. The molecule has 4 heteroatoms. The Morgan fingerprint density at radius 2 is 2.00 bits per heavy atom. The summed E-state index contributed by atoms with van der Waals surface area (Å²) < 4.78 is 1.75. The first-order chi connectivity index (χ1) is 8.24. The van der Waals surface area contributed by atoms with E-state index in [4.69, 9.17) is 5.73 Å². The lowest BCUT2D eigenvalue weighted by Gasteiger charge is -2.22. The molecule has 2 unspecified atom stereocenters. The molecule has 2 atom stereocenters. The van der Waals surface area contributed by atoms with E-state index < -0.39 is 0 Å². The molecule has 1 heterocycles. The van der Waals surface area contributed by atoms with Crippen LogP contribution in [0.5, 0.6) is 0 Å². The fourth-order valence-electron chi connectivity index (χ4n) is 2.18. The van der Waals surface area contributed by atoms with Crippen LogP contribution in [0.4, 0.5) is 0 Å². The molecule has 0 saturated carbocycles. The first-order valence-corrected chi connectivity index (χ1v) is 5.88. The Kier molecular flexibility index (Phi) is 3.54. The van der Waals surface area contributed by atoms with Gasteiger partial charge in [0.15, 0.2) is 0 Å². The molecule has 1 aromatic carbocycles. The van der Waals surface area contributed by atoms with Crippen molar-refractivity contribution in [3.05, 3.63) is 48.0 Å². The maximum Gasteiger partial charge on any atom is 0.144 e. The summed E-state index contributed by atoms with van der Waals surface area (Å²) in [5, 5.41) is 4.07. The van der Waals surface area contributed by atoms with E-state index in [9.17, 15) is 0 Å². The van der Waals surface area contributed by atoms with Gasteiger partial charge in [0.2, 0.25) is 0 Å². The molecule has 0 aliphatic heterocycles. The molecular weight excluding hydrogens is 212 g/mol. The second-order valence-electron chi connectivity index (χ2n) is 4.19. The molecule has 2 rings (SSSR count). The van der Waals surface area contributed by atoms with Crippen LogP contribution in [0.2, 0.25) is 0 Å². The van der Waals surface area contributed by atoms with Crippen LogP contribution >= 0.6 is 0 Å². The number of rotatable bonds is 4. The molecule has 2 aromatic rings. The molecule has 0 aliphatic carbocycles. The van der Waals surface area contributed by atoms with Crippen molar-refractivity contribution in [2.75, 3.05) is 0 Å². The SMILES string of the molecule is CCC(c1ccccc1)C(N)c1ncnn1C. The first kappa shape index (κ1) is 11.8. The maximum absolute atomic E-state index is 6.30. The summed E-state index contributed by atoms with van der Waals surface area (Å²) in [4.78, 5) is 4.24. The van der Waals surface area contributed by atoms with Crippen molar-refractivity contribution < 1.29 is 0 Å². The van der Waals surface area contributed by atoms with Gasteiger partial charge in [0.05, 0.1) is 6.04 Å². The Labute approximate surface area is 101 Å². The summed E-state index contributed by atoms with van der Waals surface area (Å²) in [6.07, 6.45) is 2.53. The van der Waals surface area contributed by atoms with Crippen LogP contribution in [-0.4, -0.2) is 14.8 Å². The Balaban J connectivity index is 2.28. The van der Waals surface area contributed by atoms with Gasteiger partial charge in [0.25, 0.3) is 0 Å². The molecule has 0 amide bonds. The Bertz CT molecular complexity index is 463. The molecule has 0 bridgehead atoms. The fourth-order valence-corrected chi connectivity index (χ4v) is 2.18. The molecule has 4 nitrogen and oxygen atoms in total. The van der Waals surface area contributed by atoms with Gasteiger partial charge in [0, 0.05) is 13.0 Å². The fraction of sp³-hybridized carbons (Fsp3) is 0.385. The van der Waals surface area contributed by atoms with Gasteiger partial charge in [-0.05, 0) is 12.0 Å². The lowest BCUT2D eigenvalue weighted by molar-refractivity contribution is 0.492. The highest BCUT2D eigenvalue weighted by Gasteiger charge is 2.22. The number of benzene rings is 1. The zero-order chi connectivity index (χ0) is 12.3. The van der Waals surface area contributed by atoms with Crippen LogP contribution < -0.4 is 5.73 Å². The lowest BCUT2D eigenvalue weighted by atomic mass is 9.89. The van der Waals surface area contributed by atoms with Crippen LogP contribution in [0.3, 0.4) is 0 Å². The standard InChI is InChI=1S/C13H18N4/c1-3-11(10-7-5-4-6-8-10)12(14)13-15-9-16-17(13)2/h4-9,11-12H,3,14H2,1-2H3. The number of aryl methyl sites for hydroxylation is 1. The van der Waals surface area contributed by atoms with E-state index in [1.807, 2.05) is 25.2 Å². The van der Waals surface area contributed by atoms with Crippen molar-refractivity contribution in [1.82, 2.24) is 14.8 Å². The second kappa shape index (κ2) is 5.10. The van der Waals surface area contributed by atoms with Crippen LogP contribution in [0.1, 0.15) is 36.7 Å². The number of hydrogen-bond acceptors (Lipinski definition) is 3. The molecule has 2 N–H and O–H groups in total. The van der Waals surface area contributed by atoms with Gasteiger partial charge in [-0.1, -0.05) is 37.3 Å². The maximum atomic E-state index is 6.30. The molecular formula is C13H18N4. The predicted octanol–water partition coefficient (Wildman–Crippen LogP) is 2.01. The summed E-state index contributed by atoms with van der Waals surface area (Å²) in [6, 6.07) is 10.2. The topological polar surface area (TPSA) is 56.7 Å². The smallest absolute Gasteiger partial charge is 0.144 e. The zero-order valence-electron chi connectivity index (χ0n) is 10.2. The summed E-state index contributed by atoms with van der Waals surface area (Å²) >= 11 is 0. The van der Waals surface area contributed by atoms with Gasteiger partial charge in [-0.2, -0.15) is 5.10 Å². The van der Waals surface area contributed by atoms with Gasteiger partial charge in [-0.3, -0.25) is 4.68 Å². The number of aromatic nitrogens is 3. The van der Waals surface area contributed by atoms with Gasteiger partial charge < -0.3 is 5.73 Å². The highest BCUT2D eigenvalue weighted by molar-refractivity contribution is 5.22. The third-order valence-corrected chi connectivity index (χ3v) is 3.15. The molecule has 0 saturated heterocycles. The summed E-state index contributed by atoms with van der Waals surface area (Å²) in [5.41, 5.74) is 7.56. The molecule has 0 aliphatic rings. The van der Waals surface area contributed by atoms with E-state index in [1.165, 1.54) is 5.56 Å². The number of hydrogen-bond donors (Lipinski definition) is 1. The predicted molar refractivity (Wildman–Crippen MR) is 67.4 cm³/mol. The Morgan fingerprint density at radius 1 is 1.29 bits per heavy atom. The average Bonchev–Trinajstić information content (AvgIpc) is 2.77. The van der Waals surface area contributed by atoms with Crippen molar-refractivity contribution in [2.24, 2.45) is 12.8 Å². The van der Waals surface area contributed by atoms with Gasteiger partial charge in [-0.15, -0.1) is 0 Å². The van der Waals surface area contributed by atoms with Crippen molar-refractivity contribution >= 4 is 0 Å². The Morgan fingerprint density at radius 3 is 2.53 bits per heavy atom. The minimum Gasteiger partial charge on any atom is -0.321 e. The van der Waals surface area contributed by atoms with Crippen molar-refractivity contribution in [2.45, 2.75) is 25.3 Å². The van der Waals surface area contributed by atoms with Crippen molar-refractivity contribution in [1.29, 1.82) is 0 Å². The number of nitrogens with zero attached hydrogens (tertiary/aromatic N) is 3. The summed E-state index contributed by atoms with van der Waals surface area (Å²) in [7, 11) is 1.87. The van der Waals surface area contributed by atoms with Gasteiger partial charge >= 0.3 is 0 Å². The molecule has 0 radical (unpaired) electrons. The first-order valence-electron chi connectivity index (χ1n) is 5.88. The van der Waals surface area contributed by atoms with Gasteiger partial charge in [0.1, 0.15) is 12.2 Å². The lowest BCUT2D eigenvalue weighted by Crippen LogP contribution is -2.23. The third kappa shape index (κ3) is 2.36. The molecule has 17 heavy (non-hydrogen) atoms. The molecule has 90 valence electrons. The van der Waals surface area contributed by atoms with E-state index in [2.05, 4.69) is 29.1 Å². The van der Waals surface area contributed by atoms with Crippen LogP contribution in [0, 0.1) is 0 Å². The van der Waals surface area contributed by atoms with Crippen LogP contribution in [0.15, 0.2) is 36.7 Å². The second-order valence-corrected chi connectivity index (χ2v) is 4.19. The van der Waals surface area contributed by atoms with Crippen molar-refractivity contribution in [3.63, 3.8) is 0 Å². The Hall–Kier alpha value is -1.68. The van der Waals surface area contributed by atoms with E-state index in [-0.39, 0.29) is 12.0 Å². The summed E-state index contributed by atoms with van der Waals surface area (Å²) in [5.74, 6) is 1.11. The minimum absolute atomic E-state index is 0.116.